The van der Waals surface area contributed by atoms with E-state index in [0.717, 1.165) is 23.5 Å². The minimum atomic E-state index is -0.435. The molecule has 156 valence electrons. The lowest BCUT2D eigenvalue weighted by Gasteiger charge is -2.21. The zero-order chi connectivity index (χ0) is 20.8. The Bertz CT molecular complexity index is 849. The third-order valence-electron chi connectivity index (χ3n) is 4.55. The van der Waals surface area contributed by atoms with Crippen LogP contribution in [0.2, 0.25) is 5.02 Å². The predicted octanol–water partition coefficient (Wildman–Crippen LogP) is 2.82. The van der Waals surface area contributed by atoms with Crippen LogP contribution in [0.5, 0.6) is 0 Å². The molecule has 10 heteroatoms. The quantitative estimate of drug-likeness (QED) is 0.506. The molecule has 2 aromatic rings. The Kier molecular flexibility index (Phi) is 7.05. The van der Waals surface area contributed by atoms with Crippen LogP contribution in [-0.4, -0.2) is 44.7 Å². The van der Waals surface area contributed by atoms with E-state index in [4.69, 9.17) is 11.6 Å². The van der Waals surface area contributed by atoms with E-state index in [-0.39, 0.29) is 29.8 Å². The van der Waals surface area contributed by atoms with Crippen molar-refractivity contribution < 1.29 is 10.0 Å². The summed E-state index contributed by atoms with van der Waals surface area (Å²) in [7, 11) is 0. The summed E-state index contributed by atoms with van der Waals surface area (Å²) in [6, 6.07) is 6.80. The smallest absolute Gasteiger partial charge is 0.256 e. The van der Waals surface area contributed by atoms with Gasteiger partial charge in [0.05, 0.1) is 6.04 Å². The number of aromatic nitrogens is 3. The molecule has 1 fully saturated rings. The van der Waals surface area contributed by atoms with Crippen molar-refractivity contribution in [2.45, 2.75) is 51.7 Å². The van der Waals surface area contributed by atoms with Crippen LogP contribution in [0, 0.1) is 0 Å². The van der Waals surface area contributed by atoms with Crippen molar-refractivity contribution in [1.82, 2.24) is 20.3 Å². The number of carbonyl (C=O) groups is 1. The molecule has 0 aliphatic carbocycles. The third kappa shape index (κ3) is 5.68. The molecule has 4 N–H and O–H groups in total. The molecule has 1 atom stereocenters. The number of rotatable bonds is 7. The van der Waals surface area contributed by atoms with E-state index in [1.807, 2.05) is 38.1 Å². The van der Waals surface area contributed by atoms with Crippen LogP contribution in [0.25, 0.3) is 0 Å². The van der Waals surface area contributed by atoms with E-state index in [0.29, 0.717) is 24.5 Å². The highest BCUT2D eigenvalue weighted by atomic mass is 35.5. The number of halogens is 1. The van der Waals surface area contributed by atoms with Crippen molar-refractivity contribution in [1.29, 1.82) is 0 Å². The molecular weight excluding hydrogens is 394 g/mol. The number of hydrogen-bond acceptors (Lipinski definition) is 8. The van der Waals surface area contributed by atoms with Crippen molar-refractivity contribution in [3.63, 3.8) is 0 Å². The Hall–Kier alpha value is -2.65. The van der Waals surface area contributed by atoms with Crippen LogP contribution >= 0.6 is 11.6 Å². The van der Waals surface area contributed by atoms with Gasteiger partial charge in [0, 0.05) is 18.1 Å². The van der Waals surface area contributed by atoms with Gasteiger partial charge >= 0.3 is 0 Å². The van der Waals surface area contributed by atoms with Gasteiger partial charge in [-0.1, -0.05) is 29.8 Å². The summed E-state index contributed by atoms with van der Waals surface area (Å²) in [4.78, 5) is 25.2. The number of nitrogens with one attached hydrogen (secondary N) is 3. The van der Waals surface area contributed by atoms with Crippen LogP contribution in [0.3, 0.4) is 0 Å². The topological polar surface area (TPSA) is 115 Å². The molecule has 1 aromatic carbocycles. The molecular formula is C19H26ClN7O2. The highest BCUT2D eigenvalue weighted by Gasteiger charge is 2.23. The van der Waals surface area contributed by atoms with E-state index < -0.39 is 6.04 Å². The number of hydrogen-bond donors (Lipinski definition) is 4. The van der Waals surface area contributed by atoms with Gasteiger partial charge in [0.2, 0.25) is 17.8 Å². The van der Waals surface area contributed by atoms with Crippen molar-refractivity contribution in [2.24, 2.45) is 0 Å². The summed E-state index contributed by atoms with van der Waals surface area (Å²) in [6.45, 7) is 4.69. The molecule has 1 saturated heterocycles. The first-order valence-electron chi connectivity index (χ1n) is 9.69. The summed E-state index contributed by atoms with van der Waals surface area (Å²) in [5.74, 6) is 0.498. The zero-order valence-electron chi connectivity index (χ0n) is 16.5. The average Bonchev–Trinajstić information content (AvgIpc) is 2.91. The molecule has 1 amide bonds. The second-order valence-electron chi connectivity index (χ2n) is 7.15. The molecule has 1 unspecified atom stereocenters. The molecule has 1 aliphatic heterocycles. The third-order valence-corrected chi connectivity index (χ3v) is 4.92. The van der Waals surface area contributed by atoms with Crippen LogP contribution in [0.4, 0.5) is 17.8 Å². The minimum absolute atomic E-state index is 0.0836. The summed E-state index contributed by atoms with van der Waals surface area (Å²) < 4.78 is 0. The van der Waals surface area contributed by atoms with Gasteiger partial charge in [-0.05, 0) is 44.7 Å². The summed E-state index contributed by atoms with van der Waals surface area (Å²) in [5.41, 5.74) is 0.887. The standard InChI is InChI=1S/C19H26ClN7O2/c1-12(2)27(29)19-25-17(22-11-13-7-3-4-8-14(13)20)24-18(26-19)23-15-9-5-6-10-21-16(15)28/h3-4,7-8,12,15,29H,5-6,9-11H2,1-2H3,(H,21,28)(H2,22,23,24,25,26). The van der Waals surface area contributed by atoms with Crippen LogP contribution < -0.4 is 21.0 Å². The molecule has 1 aromatic heterocycles. The largest absolute Gasteiger partial charge is 0.354 e. The summed E-state index contributed by atoms with van der Waals surface area (Å²) in [6.07, 6.45) is 2.54. The maximum Gasteiger partial charge on any atom is 0.256 e. The van der Waals surface area contributed by atoms with Crippen LogP contribution in [0.15, 0.2) is 24.3 Å². The van der Waals surface area contributed by atoms with Crippen LogP contribution in [0.1, 0.15) is 38.7 Å². The highest BCUT2D eigenvalue weighted by molar-refractivity contribution is 6.31. The van der Waals surface area contributed by atoms with Gasteiger partial charge in [-0.3, -0.25) is 10.0 Å². The number of carbonyl (C=O) groups excluding carboxylic acids is 1. The van der Waals surface area contributed by atoms with Gasteiger partial charge in [-0.25, -0.2) is 5.06 Å². The fraction of sp³-hybridized carbons (Fsp3) is 0.474. The van der Waals surface area contributed by atoms with E-state index in [1.165, 1.54) is 0 Å². The Morgan fingerprint density at radius 3 is 2.76 bits per heavy atom. The lowest BCUT2D eigenvalue weighted by molar-refractivity contribution is -0.121. The number of anilines is 3. The molecule has 0 radical (unpaired) electrons. The maximum atomic E-state index is 12.2. The Morgan fingerprint density at radius 2 is 2.00 bits per heavy atom. The zero-order valence-corrected chi connectivity index (χ0v) is 17.3. The molecule has 29 heavy (non-hydrogen) atoms. The summed E-state index contributed by atoms with van der Waals surface area (Å²) in [5, 5.41) is 21.0. The maximum absolute atomic E-state index is 12.2. The first-order valence-corrected chi connectivity index (χ1v) is 10.1. The van der Waals surface area contributed by atoms with E-state index in [2.05, 4.69) is 30.9 Å². The Balaban J connectivity index is 1.83. The molecule has 9 nitrogen and oxygen atoms in total. The Morgan fingerprint density at radius 1 is 1.24 bits per heavy atom. The van der Waals surface area contributed by atoms with Crippen molar-refractivity contribution >= 4 is 35.4 Å². The van der Waals surface area contributed by atoms with Crippen molar-refractivity contribution in [3.8, 4) is 0 Å². The lowest BCUT2D eigenvalue weighted by atomic mass is 10.1. The monoisotopic (exact) mass is 419 g/mol. The minimum Gasteiger partial charge on any atom is -0.354 e. The molecule has 1 aliphatic rings. The average molecular weight is 420 g/mol. The van der Waals surface area contributed by atoms with E-state index in [9.17, 15) is 10.0 Å². The van der Waals surface area contributed by atoms with Gasteiger partial charge in [-0.2, -0.15) is 15.0 Å². The predicted molar refractivity (Wildman–Crippen MR) is 112 cm³/mol. The number of amides is 1. The van der Waals surface area contributed by atoms with Crippen LogP contribution in [-0.2, 0) is 11.3 Å². The van der Waals surface area contributed by atoms with E-state index >= 15 is 0 Å². The molecule has 0 spiro atoms. The molecule has 0 bridgehead atoms. The normalized spacial score (nSPS) is 16.9. The number of benzene rings is 1. The Labute approximate surface area is 174 Å². The van der Waals surface area contributed by atoms with Gasteiger partial charge in [-0.15, -0.1) is 0 Å². The SMILES string of the molecule is CC(C)N(O)c1nc(NCc2ccccc2Cl)nc(NC2CCCCNC2=O)n1. The lowest BCUT2D eigenvalue weighted by Crippen LogP contribution is -2.38. The first kappa shape index (κ1) is 21.1. The fourth-order valence-electron chi connectivity index (χ4n) is 2.89. The number of hydroxylamine groups is 1. The summed E-state index contributed by atoms with van der Waals surface area (Å²) >= 11 is 6.21. The van der Waals surface area contributed by atoms with Gasteiger partial charge in [0.15, 0.2) is 0 Å². The second-order valence-corrected chi connectivity index (χ2v) is 7.56. The van der Waals surface area contributed by atoms with E-state index in [1.54, 1.807) is 0 Å². The van der Waals surface area contributed by atoms with Gasteiger partial charge < -0.3 is 16.0 Å². The van der Waals surface area contributed by atoms with Gasteiger partial charge in [0.25, 0.3) is 5.95 Å². The highest BCUT2D eigenvalue weighted by Crippen LogP contribution is 2.19. The van der Waals surface area contributed by atoms with Crippen molar-refractivity contribution in [3.05, 3.63) is 34.9 Å². The molecule has 3 rings (SSSR count). The number of nitrogens with zero attached hydrogens (tertiary/aromatic N) is 4. The molecule has 2 heterocycles. The van der Waals surface area contributed by atoms with Gasteiger partial charge in [0.1, 0.15) is 6.04 Å². The first-order chi connectivity index (χ1) is 13.9. The van der Waals surface area contributed by atoms with Crippen molar-refractivity contribution in [2.75, 3.05) is 22.2 Å². The second kappa shape index (κ2) is 9.71. The fourth-order valence-corrected chi connectivity index (χ4v) is 3.09. The molecule has 0 saturated carbocycles.